The maximum atomic E-state index is 13.8. The van der Waals surface area contributed by atoms with Crippen molar-refractivity contribution in [1.29, 1.82) is 0 Å². The summed E-state index contributed by atoms with van der Waals surface area (Å²) in [4.78, 5) is 40.0. The van der Waals surface area contributed by atoms with Crippen LogP contribution in [0.4, 0.5) is 0 Å². The maximum Gasteiger partial charge on any atom is 0.333 e. The topological polar surface area (TPSA) is 105 Å². The molecular weight excluding hydrogens is 527 g/mol. The predicted octanol–water partition coefficient (Wildman–Crippen LogP) is 4.83. The van der Waals surface area contributed by atoms with Crippen LogP contribution in [0, 0.1) is 0 Å². The minimum Gasteiger partial charge on any atom is -0.484 e. The molecule has 11 heteroatoms. The number of hydrogen-bond acceptors (Lipinski definition) is 6. The third kappa shape index (κ3) is 5.53. The number of carbonyl (C=O) groups is 3. The molecule has 2 atom stereocenters. The molecule has 0 radical (unpaired) electrons. The summed E-state index contributed by atoms with van der Waals surface area (Å²) >= 11 is 13.1. The Morgan fingerprint density at radius 3 is 2.00 bits per heavy atom. The molecule has 0 bridgehead atoms. The van der Waals surface area contributed by atoms with Gasteiger partial charge in [0.25, 0.3) is 5.91 Å². The van der Waals surface area contributed by atoms with Crippen LogP contribution < -0.4 is 14.8 Å². The highest BCUT2D eigenvalue weighted by atomic mass is 35.5. The molecule has 8 nitrogen and oxygen atoms in total. The van der Waals surface area contributed by atoms with Crippen molar-refractivity contribution in [3.05, 3.63) is 58.6 Å². The van der Waals surface area contributed by atoms with E-state index in [1.165, 1.54) is 16.7 Å². The van der Waals surface area contributed by atoms with E-state index in [1.54, 1.807) is 76.2 Å². The van der Waals surface area contributed by atoms with Gasteiger partial charge in [-0.05, 0) is 62.4 Å². The molecule has 0 spiro atoms. The van der Waals surface area contributed by atoms with Gasteiger partial charge in [0.2, 0.25) is 11.0 Å². The monoisotopic (exact) mass is 554 g/mol. The fourth-order valence-corrected chi connectivity index (χ4v) is 6.36. The largest absolute Gasteiger partial charge is 0.484 e. The summed E-state index contributed by atoms with van der Waals surface area (Å²) in [6.07, 6.45) is 0.162. The zero-order valence-electron chi connectivity index (χ0n) is 20.3. The minimum absolute atomic E-state index is 0.162. The maximum absolute atomic E-state index is 13.8. The lowest BCUT2D eigenvalue weighted by molar-refractivity contribution is -0.172. The van der Waals surface area contributed by atoms with E-state index in [1.807, 2.05) is 0 Å². The average Bonchev–Trinajstić information content (AvgIpc) is 3.00. The number of aliphatic carboxylic acids is 1. The van der Waals surface area contributed by atoms with Crippen molar-refractivity contribution in [3.8, 4) is 11.5 Å². The van der Waals surface area contributed by atoms with E-state index in [4.69, 9.17) is 32.7 Å². The second kappa shape index (κ2) is 10.8. The molecule has 1 saturated heterocycles. The number of carboxylic acid groups (broad SMARTS) is 1. The molecule has 2 unspecified atom stereocenters. The zero-order valence-corrected chi connectivity index (χ0v) is 22.7. The van der Waals surface area contributed by atoms with Crippen LogP contribution in [-0.2, 0) is 14.4 Å². The van der Waals surface area contributed by atoms with Crippen LogP contribution in [-0.4, -0.2) is 56.3 Å². The van der Waals surface area contributed by atoms with E-state index < -0.39 is 33.8 Å². The molecule has 0 saturated carbocycles. The molecule has 2 amide bonds. The van der Waals surface area contributed by atoms with E-state index in [9.17, 15) is 19.5 Å². The Labute approximate surface area is 224 Å². The molecule has 1 aliphatic heterocycles. The fourth-order valence-electron chi connectivity index (χ4n) is 4.26. The van der Waals surface area contributed by atoms with E-state index in [2.05, 4.69) is 5.32 Å². The summed E-state index contributed by atoms with van der Waals surface area (Å²) < 4.78 is 10.8. The molecule has 194 valence electrons. The summed E-state index contributed by atoms with van der Waals surface area (Å²) in [5, 5.41) is 12.8. The Kier molecular flexibility index (Phi) is 8.37. The van der Waals surface area contributed by atoms with E-state index in [-0.39, 0.29) is 18.9 Å². The van der Waals surface area contributed by atoms with Crippen molar-refractivity contribution < 1.29 is 29.0 Å². The highest BCUT2D eigenvalue weighted by Gasteiger charge is 2.71. The second-order valence-electron chi connectivity index (χ2n) is 8.83. The standard InChI is InChI=1S/C25H28Cl2N2O6S/c1-5-20(30)28-15-25(22(32)33)23(2,3)36-24(4,35-19-12-8-17(27)9-13-19)29(25)21(31)14-34-18-10-6-16(26)7-11-18/h6-13H,5,14-15H2,1-4H3,(H,28,30)(H,32,33). The molecule has 1 aliphatic rings. The second-order valence-corrected chi connectivity index (χ2v) is 11.7. The molecule has 36 heavy (non-hydrogen) atoms. The van der Waals surface area contributed by atoms with Gasteiger partial charge in [-0.2, -0.15) is 0 Å². The Morgan fingerprint density at radius 1 is 0.972 bits per heavy atom. The Morgan fingerprint density at radius 2 is 1.50 bits per heavy atom. The van der Waals surface area contributed by atoms with Crippen LogP contribution in [0.3, 0.4) is 0 Å². The first-order valence-corrected chi connectivity index (χ1v) is 12.8. The Bertz CT molecular complexity index is 1130. The molecule has 1 fully saturated rings. The highest BCUT2D eigenvalue weighted by Crippen LogP contribution is 2.57. The Hall–Kier alpha value is -2.62. The molecule has 2 aromatic carbocycles. The molecule has 3 rings (SSSR count). The van der Waals surface area contributed by atoms with Crippen molar-refractivity contribution in [3.63, 3.8) is 0 Å². The van der Waals surface area contributed by atoms with Gasteiger partial charge in [0, 0.05) is 23.4 Å². The summed E-state index contributed by atoms with van der Waals surface area (Å²) in [5.74, 6) is -1.47. The van der Waals surface area contributed by atoms with Crippen molar-refractivity contribution in [2.75, 3.05) is 13.2 Å². The van der Waals surface area contributed by atoms with Crippen molar-refractivity contribution in [2.45, 2.75) is 49.5 Å². The highest BCUT2D eigenvalue weighted by molar-refractivity contribution is 8.02. The number of thioether (sulfide) groups is 1. The Balaban J connectivity index is 2.04. The summed E-state index contributed by atoms with van der Waals surface area (Å²) in [5.41, 5.74) is -1.86. The number of nitrogens with one attached hydrogen (secondary N) is 1. The van der Waals surface area contributed by atoms with Gasteiger partial charge in [-0.15, -0.1) is 0 Å². The summed E-state index contributed by atoms with van der Waals surface area (Å²) in [7, 11) is 0. The number of hydrogen-bond donors (Lipinski definition) is 2. The first-order valence-electron chi connectivity index (χ1n) is 11.2. The molecule has 1 heterocycles. The van der Waals surface area contributed by atoms with Crippen LogP contribution in [0.5, 0.6) is 11.5 Å². The van der Waals surface area contributed by atoms with E-state index in [0.717, 1.165) is 0 Å². The SMILES string of the molecule is CCC(=O)NCC1(C(=O)O)N(C(=O)COc2ccc(Cl)cc2)C(C)(Oc2ccc(Cl)cc2)SC1(C)C. The molecule has 0 aliphatic carbocycles. The van der Waals surface area contributed by atoms with Crippen molar-refractivity contribution in [1.82, 2.24) is 10.2 Å². The molecule has 2 aromatic rings. The lowest BCUT2D eigenvalue weighted by Crippen LogP contribution is -2.70. The van der Waals surface area contributed by atoms with Gasteiger partial charge in [-0.25, -0.2) is 4.79 Å². The normalized spacial score (nSPS) is 22.7. The number of carboxylic acids is 1. The van der Waals surface area contributed by atoms with Gasteiger partial charge < -0.3 is 19.9 Å². The number of ether oxygens (including phenoxy) is 2. The van der Waals surface area contributed by atoms with Crippen LogP contribution in [0.15, 0.2) is 48.5 Å². The van der Waals surface area contributed by atoms with Crippen LogP contribution in [0.2, 0.25) is 10.0 Å². The van der Waals surface area contributed by atoms with Gasteiger partial charge in [-0.3, -0.25) is 14.5 Å². The number of carbonyl (C=O) groups excluding carboxylic acids is 2. The minimum atomic E-state index is -1.86. The molecule has 2 N–H and O–H groups in total. The van der Waals surface area contributed by atoms with Gasteiger partial charge in [0.15, 0.2) is 12.1 Å². The average molecular weight is 555 g/mol. The number of amides is 2. The van der Waals surface area contributed by atoms with Crippen molar-refractivity contribution in [2.24, 2.45) is 0 Å². The first kappa shape index (κ1) is 28.0. The van der Waals surface area contributed by atoms with Crippen LogP contribution in [0.1, 0.15) is 34.1 Å². The number of benzene rings is 2. The summed E-state index contributed by atoms with van der Waals surface area (Å²) in [6, 6.07) is 13.0. The quantitative estimate of drug-likeness (QED) is 0.457. The smallest absolute Gasteiger partial charge is 0.333 e. The number of halogens is 2. The predicted molar refractivity (Wildman–Crippen MR) is 140 cm³/mol. The van der Waals surface area contributed by atoms with E-state index in [0.29, 0.717) is 21.5 Å². The lowest BCUT2D eigenvalue weighted by Gasteiger charge is -2.44. The fraction of sp³-hybridized carbons (Fsp3) is 0.400. The third-order valence-corrected chi connectivity index (χ3v) is 7.99. The van der Waals surface area contributed by atoms with Crippen molar-refractivity contribution >= 4 is 52.7 Å². The van der Waals surface area contributed by atoms with Crippen LogP contribution in [0.25, 0.3) is 0 Å². The van der Waals surface area contributed by atoms with Gasteiger partial charge in [0.1, 0.15) is 11.5 Å². The molecule has 0 aromatic heterocycles. The third-order valence-electron chi connectivity index (χ3n) is 5.99. The summed E-state index contributed by atoms with van der Waals surface area (Å²) in [6.45, 7) is 5.92. The number of nitrogens with zero attached hydrogens (tertiary/aromatic N) is 1. The van der Waals surface area contributed by atoms with Gasteiger partial charge in [0.05, 0.1) is 11.3 Å². The van der Waals surface area contributed by atoms with E-state index >= 15 is 0 Å². The molecular formula is C25H28Cl2N2O6S. The van der Waals surface area contributed by atoms with Crippen LogP contribution >= 0.6 is 35.0 Å². The van der Waals surface area contributed by atoms with Gasteiger partial charge >= 0.3 is 5.97 Å². The zero-order chi connectivity index (χ0) is 26.7. The number of rotatable bonds is 9. The lowest BCUT2D eigenvalue weighted by atomic mass is 9.83. The first-order chi connectivity index (χ1) is 16.8. The van der Waals surface area contributed by atoms with Gasteiger partial charge in [-0.1, -0.05) is 41.9 Å².